The Balaban J connectivity index is 2.42. The van der Waals surface area contributed by atoms with E-state index < -0.39 is 0 Å². The molecule has 0 aromatic carbocycles. The standard InChI is InChI=1S/C15H31NO2/c1-4-6-15(5-2,8-12-17-3)7-9-16-10-13-18-14-11-16/h4-14H2,1-3H3. The lowest BCUT2D eigenvalue weighted by molar-refractivity contribution is 0.0262. The van der Waals surface area contributed by atoms with E-state index in [0.717, 1.165) is 32.9 Å². The van der Waals surface area contributed by atoms with Gasteiger partial charge in [0.1, 0.15) is 0 Å². The van der Waals surface area contributed by atoms with Crippen molar-refractivity contribution >= 4 is 0 Å². The first-order valence-corrected chi connectivity index (χ1v) is 7.55. The van der Waals surface area contributed by atoms with Gasteiger partial charge in [-0.25, -0.2) is 0 Å². The van der Waals surface area contributed by atoms with Crippen LogP contribution in [0.4, 0.5) is 0 Å². The smallest absolute Gasteiger partial charge is 0.0594 e. The zero-order valence-electron chi connectivity index (χ0n) is 12.5. The molecule has 0 bridgehead atoms. The summed E-state index contributed by atoms with van der Waals surface area (Å²) in [4.78, 5) is 2.55. The molecular weight excluding hydrogens is 226 g/mol. The molecule has 1 aliphatic heterocycles. The maximum Gasteiger partial charge on any atom is 0.0594 e. The summed E-state index contributed by atoms with van der Waals surface area (Å²) in [7, 11) is 1.81. The van der Waals surface area contributed by atoms with Crippen molar-refractivity contribution in [3.05, 3.63) is 0 Å². The van der Waals surface area contributed by atoms with Gasteiger partial charge in [-0.3, -0.25) is 4.90 Å². The lowest BCUT2D eigenvalue weighted by Crippen LogP contribution is -2.39. The maximum absolute atomic E-state index is 5.41. The molecule has 108 valence electrons. The van der Waals surface area contributed by atoms with Crippen molar-refractivity contribution in [1.82, 2.24) is 4.90 Å². The molecule has 0 radical (unpaired) electrons. The third-order valence-corrected chi connectivity index (χ3v) is 4.43. The van der Waals surface area contributed by atoms with Crippen LogP contribution in [0, 0.1) is 5.41 Å². The summed E-state index contributed by atoms with van der Waals surface area (Å²) in [5, 5.41) is 0. The molecule has 0 aromatic rings. The molecule has 0 aliphatic carbocycles. The zero-order chi connectivity index (χ0) is 13.3. The Morgan fingerprint density at radius 3 is 2.39 bits per heavy atom. The summed E-state index contributed by atoms with van der Waals surface area (Å²) >= 11 is 0. The van der Waals surface area contributed by atoms with E-state index in [9.17, 15) is 0 Å². The van der Waals surface area contributed by atoms with E-state index in [1.54, 1.807) is 0 Å². The average Bonchev–Trinajstić information content (AvgIpc) is 2.43. The van der Waals surface area contributed by atoms with Crippen molar-refractivity contribution in [1.29, 1.82) is 0 Å². The Labute approximate surface area is 113 Å². The fourth-order valence-electron chi connectivity index (χ4n) is 2.97. The van der Waals surface area contributed by atoms with Crippen LogP contribution in [0.2, 0.25) is 0 Å². The predicted molar refractivity (Wildman–Crippen MR) is 76.0 cm³/mol. The monoisotopic (exact) mass is 257 g/mol. The summed E-state index contributed by atoms with van der Waals surface area (Å²) in [6.07, 6.45) is 6.39. The highest BCUT2D eigenvalue weighted by atomic mass is 16.5. The summed E-state index contributed by atoms with van der Waals surface area (Å²) in [6, 6.07) is 0. The predicted octanol–water partition coefficient (Wildman–Crippen LogP) is 2.94. The summed E-state index contributed by atoms with van der Waals surface area (Å²) in [6.45, 7) is 10.8. The van der Waals surface area contributed by atoms with E-state index in [2.05, 4.69) is 18.7 Å². The van der Waals surface area contributed by atoms with Gasteiger partial charge in [0, 0.05) is 26.8 Å². The van der Waals surface area contributed by atoms with Crippen LogP contribution in [0.3, 0.4) is 0 Å². The van der Waals surface area contributed by atoms with Crippen molar-refractivity contribution in [2.24, 2.45) is 5.41 Å². The van der Waals surface area contributed by atoms with Gasteiger partial charge in [0.05, 0.1) is 13.2 Å². The molecule has 1 heterocycles. The number of hydrogen-bond acceptors (Lipinski definition) is 3. The van der Waals surface area contributed by atoms with Crippen molar-refractivity contribution in [2.45, 2.75) is 46.0 Å². The number of ether oxygens (including phenoxy) is 2. The average molecular weight is 257 g/mol. The van der Waals surface area contributed by atoms with Crippen LogP contribution in [0.5, 0.6) is 0 Å². The van der Waals surface area contributed by atoms with Crippen molar-refractivity contribution in [3.63, 3.8) is 0 Å². The number of hydrogen-bond donors (Lipinski definition) is 0. The van der Waals surface area contributed by atoms with Gasteiger partial charge in [0.25, 0.3) is 0 Å². The molecule has 1 unspecified atom stereocenters. The topological polar surface area (TPSA) is 21.7 Å². The third kappa shape index (κ3) is 5.25. The van der Waals surface area contributed by atoms with Gasteiger partial charge in [0.15, 0.2) is 0 Å². The Kier molecular flexibility index (Phi) is 7.87. The minimum atomic E-state index is 0.489. The first kappa shape index (κ1) is 15.9. The van der Waals surface area contributed by atoms with Crippen LogP contribution in [0.15, 0.2) is 0 Å². The Morgan fingerprint density at radius 2 is 1.83 bits per heavy atom. The number of nitrogens with zero attached hydrogens (tertiary/aromatic N) is 1. The highest BCUT2D eigenvalue weighted by molar-refractivity contribution is 4.79. The van der Waals surface area contributed by atoms with Crippen molar-refractivity contribution < 1.29 is 9.47 Å². The first-order chi connectivity index (χ1) is 8.76. The summed E-state index contributed by atoms with van der Waals surface area (Å²) in [5.41, 5.74) is 0.489. The lowest BCUT2D eigenvalue weighted by atomic mass is 9.75. The summed E-state index contributed by atoms with van der Waals surface area (Å²) < 4.78 is 10.7. The maximum atomic E-state index is 5.41. The van der Waals surface area contributed by atoms with Crippen LogP contribution in [0.1, 0.15) is 46.0 Å². The second kappa shape index (κ2) is 8.89. The number of rotatable bonds is 9. The Morgan fingerprint density at radius 1 is 1.11 bits per heavy atom. The van der Waals surface area contributed by atoms with Gasteiger partial charge in [-0.05, 0) is 31.2 Å². The van der Waals surface area contributed by atoms with E-state index in [1.807, 2.05) is 7.11 Å². The van der Waals surface area contributed by atoms with Gasteiger partial charge >= 0.3 is 0 Å². The number of methoxy groups -OCH3 is 1. The van der Waals surface area contributed by atoms with E-state index in [4.69, 9.17) is 9.47 Å². The molecule has 0 spiro atoms. The lowest BCUT2D eigenvalue weighted by Gasteiger charge is -2.36. The largest absolute Gasteiger partial charge is 0.385 e. The van der Waals surface area contributed by atoms with Gasteiger partial charge in [-0.15, -0.1) is 0 Å². The van der Waals surface area contributed by atoms with Gasteiger partial charge < -0.3 is 9.47 Å². The molecular formula is C15H31NO2. The molecule has 1 saturated heterocycles. The molecule has 3 nitrogen and oxygen atoms in total. The SMILES string of the molecule is CCCC(CC)(CCOC)CCN1CCOCC1. The number of morpholine rings is 1. The van der Waals surface area contributed by atoms with Crippen LogP contribution >= 0.6 is 0 Å². The highest BCUT2D eigenvalue weighted by Gasteiger charge is 2.27. The second-order valence-corrected chi connectivity index (χ2v) is 5.55. The molecule has 0 saturated carbocycles. The minimum Gasteiger partial charge on any atom is -0.385 e. The van der Waals surface area contributed by atoms with E-state index in [0.29, 0.717) is 5.41 Å². The van der Waals surface area contributed by atoms with Gasteiger partial charge in [-0.2, -0.15) is 0 Å². The zero-order valence-corrected chi connectivity index (χ0v) is 12.5. The Bertz CT molecular complexity index is 205. The van der Waals surface area contributed by atoms with E-state index in [1.165, 1.54) is 38.6 Å². The van der Waals surface area contributed by atoms with Crippen molar-refractivity contribution in [2.75, 3.05) is 46.6 Å². The fourth-order valence-corrected chi connectivity index (χ4v) is 2.97. The highest BCUT2D eigenvalue weighted by Crippen LogP contribution is 2.36. The van der Waals surface area contributed by atoms with Gasteiger partial charge in [0.2, 0.25) is 0 Å². The van der Waals surface area contributed by atoms with Crippen LogP contribution in [-0.4, -0.2) is 51.5 Å². The van der Waals surface area contributed by atoms with Gasteiger partial charge in [-0.1, -0.05) is 26.7 Å². The normalized spacial score (nSPS) is 20.8. The van der Waals surface area contributed by atoms with Crippen LogP contribution in [0.25, 0.3) is 0 Å². The summed E-state index contributed by atoms with van der Waals surface area (Å²) in [5.74, 6) is 0. The van der Waals surface area contributed by atoms with Crippen LogP contribution < -0.4 is 0 Å². The molecule has 0 amide bonds. The molecule has 1 rings (SSSR count). The first-order valence-electron chi connectivity index (χ1n) is 7.55. The second-order valence-electron chi connectivity index (χ2n) is 5.55. The third-order valence-electron chi connectivity index (χ3n) is 4.43. The molecule has 18 heavy (non-hydrogen) atoms. The Hall–Kier alpha value is -0.120. The molecule has 0 aromatic heterocycles. The molecule has 1 aliphatic rings. The molecule has 1 fully saturated rings. The minimum absolute atomic E-state index is 0.489. The van der Waals surface area contributed by atoms with E-state index in [-0.39, 0.29) is 0 Å². The molecule has 3 heteroatoms. The van der Waals surface area contributed by atoms with Crippen LogP contribution in [-0.2, 0) is 9.47 Å². The quantitative estimate of drug-likeness (QED) is 0.634. The molecule has 0 N–H and O–H groups in total. The van der Waals surface area contributed by atoms with E-state index >= 15 is 0 Å². The molecule has 1 atom stereocenters. The fraction of sp³-hybridized carbons (Fsp3) is 1.00. The van der Waals surface area contributed by atoms with Crippen molar-refractivity contribution in [3.8, 4) is 0 Å².